The number of amides is 2. The van der Waals surface area contributed by atoms with Gasteiger partial charge in [0.1, 0.15) is 0 Å². The van der Waals surface area contributed by atoms with Gasteiger partial charge in [0.25, 0.3) is 0 Å². The quantitative estimate of drug-likeness (QED) is 0.446. The number of anilines is 1. The van der Waals surface area contributed by atoms with Crippen LogP contribution < -0.4 is 20.2 Å². The van der Waals surface area contributed by atoms with E-state index < -0.39 is 11.8 Å². The summed E-state index contributed by atoms with van der Waals surface area (Å²) in [6, 6.07) is 12.6. The largest absolute Gasteiger partial charge is 0.493 e. The molecule has 0 aliphatic carbocycles. The minimum Gasteiger partial charge on any atom is -0.493 e. The van der Waals surface area contributed by atoms with Gasteiger partial charge in [-0.3, -0.25) is 9.59 Å². The summed E-state index contributed by atoms with van der Waals surface area (Å²) >= 11 is 0. The highest BCUT2D eigenvalue weighted by Crippen LogP contribution is 2.27. The molecule has 2 aromatic rings. The number of hydrogen-bond acceptors (Lipinski definition) is 5. The molecule has 0 aromatic heterocycles. The molecule has 0 radical (unpaired) electrons. The Hall–Kier alpha value is -3.35. The summed E-state index contributed by atoms with van der Waals surface area (Å²) in [7, 11) is 1.54. The van der Waals surface area contributed by atoms with E-state index in [1.165, 1.54) is 6.21 Å². The Labute approximate surface area is 158 Å². The Morgan fingerprint density at radius 2 is 1.85 bits per heavy atom. The zero-order valence-corrected chi connectivity index (χ0v) is 15.6. The van der Waals surface area contributed by atoms with E-state index in [1.54, 1.807) is 37.4 Å². The van der Waals surface area contributed by atoms with Crippen molar-refractivity contribution >= 4 is 23.7 Å². The summed E-state index contributed by atoms with van der Waals surface area (Å²) < 4.78 is 10.7. The Bertz CT molecular complexity index is 834. The molecule has 7 heteroatoms. The van der Waals surface area contributed by atoms with E-state index in [2.05, 4.69) is 15.8 Å². The molecule has 0 unspecified atom stereocenters. The summed E-state index contributed by atoms with van der Waals surface area (Å²) in [5.74, 6) is -0.455. The van der Waals surface area contributed by atoms with E-state index in [-0.39, 0.29) is 0 Å². The first kappa shape index (κ1) is 20.0. The van der Waals surface area contributed by atoms with Gasteiger partial charge in [-0.15, -0.1) is 0 Å². The summed E-state index contributed by atoms with van der Waals surface area (Å²) in [5.41, 5.74) is 4.46. The van der Waals surface area contributed by atoms with Crippen LogP contribution in [0, 0.1) is 0 Å². The monoisotopic (exact) mass is 369 g/mol. The normalized spacial score (nSPS) is 10.5. The van der Waals surface area contributed by atoms with Crippen LogP contribution in [0.15, 0.2) is 47.6 Å². The number of hydrogen-bond donors (Lipinski definition) is 2. The predicted octanol–water partition coefficient (Wildman–Crippen LogP) is 2.75. The number of carbonyl (C=O) groups is 2. The van der Waals surface area contributed by atoms with Crippen molar-refractivity contribution in [3.8, 4) is 11.5 Å². The van der Waals surface area contributed by atoms with Crippen LogP contribution in [0.2, 0.25) is 0 Å². The van der Waals surface area contributed by atoms with Crippen molar-refractivity contribution in [3.63, 3.8) is 0 Å². The van der Waals surface area contributed by atoms with Crippen LogP contribution in [0.1, 0.15) is 25.0 Å². The zero-order chi connectivity index (χ0) is 19.6. The standard InChI is InChI=1S/C20H23N3O4/c1-4-15-8-6-7-9-16(15)22-19(24)20(25)23-21-13-14-10-11-17(27-5-2)18(12-14)26-3/h6-13H,4-5H2,1-3H3,(H,22,24)(H,23,25)/b21-13-. The van der Waals surface area contributed by atoms with E-state index in [0.717, 1.165) is 12.0 Å². The molecule has 0 bridgehead atoms. The Kier molecular flexibility index (Phi) is 7.37. The molecule has 2 aromatic carbocycles. The predicted molar refractivity (Wildman–Crippen MR) is 104 cm³/mol. The Morgan fingerprint density at radius 3 is 2.56 bits per heavy atom. The molecule has 0 atom stereocenters. The minimum atomic E-state index is -0.852. The fourth-order valence-electron chi connectivity index (χ4n) is 2.39. The molecule has 0 saturated heterocycles. The summed E-state index contributed by atoms with van der Waals surface area (Å²) in [5, 5.41) is 6.40. The van der Waals surface area contributed by atoms with Gasteiger partial charge < -0.3 is 14.8 Å². The molecule has 27 heavy (non-hydrogen) atoms. The highest BCUT2D eigenvalue weighted by Gasteiger charge is 2.14. The molecule has 0 aliphatic heterocycles. The van der Waals surface area contributed by atoms with Gasteiger partial charge in [-0.1, -0.05) is 25.1 Å². The van der Waals surface area contributed by atoms with Gasteiger partial charge in [0.05, 0.1) is 19.9 Å². The molecular formula is C20H23N3O4. The second kappa shape index (κ2) is 9.96. The number of aryl methyl sites for hydroxylation is 1. The van der Waals surface area contributed by atoms with Gasteiger partial charge in [0, 0.05) is 5.69 Å². The van der Waals surface area contributed by atoms with Crippen LogP contribution in [0.25, 0.3) is 0 Å². The van der Waals surface area contributed by atoms with E-state index >= 15 is 0 Å². The van der Waals surface area contributed by atoms with Crippen molar-refractivity contribution in [2.75, 3.05) is 19.0 Å². The van der Waals surface area contributed by atoms with Crippen molar-refractivity contribution < 1.29 is 19.1 Å². The maximum absolute atomic E-state index is 12.0. The minimum absolute atomic E-state index is 0.524. The van der Waals surface area contributed by atoms with E-state index in [0.29, 0.717) is 29.4 Å². The number of nitrogens with one attached hydrogen (secondary N) is 2. The molecule has 0 fully saturated rings. The number of carbonyl (C=O) groups excluding carboxylic acids is 2. The number of benzene rings is 2. The first-order valence-electron chi connectivity index (χ1n) is 8.62. The molecule has 2 amide bonds. The third-order valence-electron chi connectivity index (χ3n) is 3.72. The fourth-order valence-corrected chi connectivity index (χ4v) is 2.39. The van der Waals surface area contributed by atoms with Gasteiger partial charge in [-0.05, 0) is 48.7 Å². The number of hydrazone groups is 1. The van der Waals surface area contributed by atoms with Crippen molar-refractivity contribution in [2.45, 2.75) is 20.3 Å². The molecular weight excluding hydrogens is 346 g/mol. The van der Waals surface area contributed by atoms with E-state index in [4.69, 9.17) is 9.47 Å². The average Bonchev–Trinajstić information content (AvgIpc) is 2.69. The molecule has 2 N–H and O–H groups in total. The fraction of sp³-hybridized carbons (Fsp3) is 0.250. The van der Waals surface area contributed by atoms with Crippen LogP contribution in [0.5, 0.6) is 11.5 Å². The lowest BCUT2D eigenvalue weighted by molar-refractivity contribution is -0.136. The van der Waals surface area contributed by atoms with Crippen LogP contribution in [-0.2, 0) is 16.0 Å². The number of para-hydroxylation sites is 1. The molecule has 0 aliphatic rings. The summed E-state index contributed by atoms with van der Waals surface area (Å²) in [4.78, 5) is 23.9. The SMILES string of the molecule is CCOc1ccc(/C=N\NC(=O)C(=O)Nc2ccccc2CC)cc1OC. The van der Waals surface area contributed by atoms with Gasteiger partial charge >= 0.3 is 11.8 Å². The number of rotatable bonds is 7. The molecule has 0 saturated carbocycles. The molecule has 2 rings (SSSR count). The lowest BCUT2D eigenvalue weighted by atomic mass is 10.1. The summed E-state index contributed by atoms with van der Waals surface area (Å²) in [6.07, 6.45) is 2.17. The number of nitrogens with zero attached hydrogens (tertiary/aromatic N) is 1. The van der Waals surface area contributed by atoms with Crippen LogP contribution in [0.4, 0.5) is 5.69 Å². The third-order valence-corrected chi connectivity index (χ3v) is 3.72. The molecule has 142 valence electrons. The third kappa shape index (κ3) is 5.57. The zero-order valence-electron chi connectivity index (χ0n) is 15.6. The van der Waals surface area contributed by atoms with Gasteiger partial charge in [0.15, 0.2) is 11.5 Å². The van der Waals surface area contributed by atoms with Gasteiger partial charge in [-0.2, -0.15) is 5.10 Å². The van der Waals surface area contributed by atoms with Crippen LogP contribution >= 0.6 is 0 Å². The number of methoxy groups -OCH3 is 1. The van der Waals surface area contributed by atoms with Crippen molar-refractivity contribution in [3.05, 3.63) is 53.6 Å². The lowest BCUT2D eigenvalue weighted by Crippen LogP contribution is -2.32. The summed E-state index contributed by atoms with van der Waals surface area (Å²) in [6.45, 7) is 4.38. The van der Waals surface area contributed by atoms with Crippen molar-refractivity contribution in [1.29, 1.82) is 0 Å². The highest BCUT2D eigenvalue weighted by molar-refractivity contribution is 6.39. The highest BCUT2D eigenvalue weighted by atomic mass is 16.5. The topological polar surface area (TPSA) is 89.0 Å². The Morgan fingerprint density at radius 1 is 1.07 bits per heavy atom. The maximum Gasteiger partial charge on any atom is 0.329 e. The van der Waals surface area contributed by atoms with Crippen LogP contribution in [0.3, 0.4) is 0 Å². The lowest BCUT2D eigenvalue weighted by Gasteiger charge is -2.09. The number of ether oxygens (including phenoxy) is 2. The van der Waals surface area contributed by atoms with Crippen molar-refractivity contribution in [2.24, 2.45) is 5.10 Å². The second-order valence-corrected chi connectivity index (χ2v) is 5.51. The Balaban J connectivity index is 1.97. The maximum atomic E-state index is 12.0. The smallest absolute Gasteiger partial charge is 0.329 e. The average molecular weight is 369 g/mol. The van der Waals surface area contributed by atoms with Gasteiger partial charge in [0.2, 0.25) is 0 Å². The molecule has 0 heterocycles. The molecule has 0 spiro atoms. The first-order chi connectivity index (χ1) is 13.1. The van der Waals surface area contributed by atoms with E-state index in [1.807, 2.05) is 26.0 Å². The first-order valence-corrected chi connectivity index (χ1v) is 8.62. The van der Waals surface area contributed by atoms with E-state index in [9.17, 15) is 9.59 Å². The van der Waals surface area contributed by atoms with Crippen molar-refractivity contribution in [1.82, 2.24) is 5.43 Å². The van der Waals surface area contributed by atoms with Gasteiger partial charge in [-0.25, -0.2) is 5.43 Å². The molecule has 7 nitrogen and oxygen atoms in total. The second-order valence-electron chi connectivity index (χ2n) is 5.51. The van der Waals surface area contributed by atoms with Crippen LogP contribution in [-0.4, -0.2) is 31.7 Å².